The van der Waals surface area contributed by atoms with Gasteiger partial charge in [0.1, 0.15) is 11.6 Å². The van der Waals surface area contributed by atoms with Crippen molar-refractivity contribution in [2.45, 2.75) is 39.0 Å². The zero-order valence-electron chi connectivity index (χ0n) is 19.5. The zero-order valence-corrected chi connectivity index (χ0v) is 19.5. The molecule has 0 bridgehead atoms. The minimum atomic E-state index is 0.247. The highest BCUT2D eigenvalue weighted by Gasteiger charge is 2.27. The molecule has 0 atom stereocenters. The summed E-state index contributed by atoms with van der Waals surface area (Å²) in [5.74, 6) is 2.71. The summed E-state index contributed by atoms with van der Waals surface area (Å²) in [4.78, 5) is 26.9. The molecule has 174 valence electrons. The van der Waals surface area contributed by atoms with Gasteiger partial charge in [0.05, 0.1) is 17.3 Å². The first-order valence-corrected chi connectivity index (χ1v) is 12.0. The second-order valence-corrected chi connectivity index (χ2v) is 9.39. The lowest BCUT2D eigenvalue weighted by Crippen LogP contribution is -2.49. The van der Waals surface area contributed by atoms with Gasteiger partial charge in [-0.2, -0.15) is 5.10 Å². The first-order valence-electron chi connectivity index (χ1n) is 12.0. The molecule has 0 radical (unpaired) electrons. The fraction of sp³-hybridized carbons (Fsp3) is 0.520. The predicted octanol–water partition coefficient (Wildman–Crippen LogP) is 3.40. The van der Waals surface area contributed by atoms with Crippen LogP contribution in [-0.4, -0.2) is 69.9 Å². The van der Waals surface area contributed by atoms with Crippen molar-refractivity contribution in [3.8, 4) is 5.69 Å². The molecule has 0 N–H and O–H groups in total. The Morgan fingerprint density at radius 1 is 1.06 bits per heavy atom. The Balaban J connectivity index is 1.49. The average molecular weight is 449 g/mol. The average Bonchev–Trinajstić information content (AvgIpc) is 3.28. The van der Waals surface area contributed by atoms with E-state index in [0.29, 0.717) is 12.3 Å². The van der Waals surface area contributed by atoms with Crippen molar-refractivity contribution in [2.24, 2.45) is 5.92 Å². The van der Waals surface area contributed by atoms with Crippen LogP contribution in [0.4, 0.5) is 5.82 Å². The van der Waals surface area contributed by atoms with Gasteiger partial charge in [-0.1, -0.05) is 32.0 Å². The Kier molecular flexibility index (Phi) is 6.26. The largest absolute Gasteiger partial charge is 0.381 e. The van der Waals surface area contributed by atoms with E-state index >= 15 is 0 Å². The summed E-state index contributed by atoms with van der Waals surface area (Å²) in [5, 5.41) is 5.64. The summed E-state index contributed by atoms with van der Waals surface area (Å²) < 4.78 is 7.48. The van der Waals surface area contributed by atoms with Gasteiger partial charge in [0.25, 0.3) is 0 Å². The van der Waals surface area contributed by atoms with Crippen molar-refractivity contribution in [3.05, 3.63) is 42.4 Å². The number of benzene rings is 1. The maximum Gasteiger partial charge on any atom is 0.222 e. The third-order valence-corrected chi connectivity index (χ3v) is 6.53. The Bertz CT molecular complexity index is 1100. The maximum atomic E-state index is 12.5. The van der Waals surface area contributed by atoms with E-state index in [0.717, 1.165) is 80.6 Å². The molecule has 1 aromatic carbocycles. The molecule has 2 aromatic heterocycles. The minimum absolute atomic E-state index is 0.247. The van der Waals surface area contributed by atoms with Crippen LogP contribution < -0.4 is 4.90 Å². The number of ether oxygens (including phenoxy) is 1. The summed E-state index contributed by atoms with van der Waals surface area (Å²) in [6.45, 7) is 8.64. The monoisotopic (exact) mass is 448 g/mol. The number of piperazine rings is 1. The topological polar surface area (TPSA) is 76.4 Å². The Morgan fingerprint density at radius 2 is 1.79 bits per heavy atom. The summed E-state index contributed by atoms with van der Waals surface area (Å²) in [7, 11) is 0. The molecule has 5 rings (SSSR count). The fourth-order valence-corrected chi connectivity index (χ4v) is 4.69. The standard InChI is InChI=1S/C25H32N6O2/c1-18(2)16-22(32)29-10-12-30(13-11-29)24-21-17-26-31(20-6-4-3-5-7-20)25(21)28-23(27-24)19-8-14-33-15-9-19/h3-7,17-19H,8-16H2,1-2H3. The molecule has 1 amide bonds. The Hall–Kier alpha value is -3.00. The quantitative estimate of drug-likeness (QED) is 0.595. The van der Waals surface area contributed by atoms with E-state index in [4.69, 9.17) is 14.7 Å². The number of rotatable bonds is 5. The SMILES string of the molecule is CC(C)CC(=O)N1CCN(c2nc(C3CCOCC3)nc3c2cnn3-c2ccccc2)CC1. The molecular formula is C25H32N6O2. The summed E-state index contributed by atoms with van der Waals surface area (Å²) in [5.41, 5.74) is 1.82. The maximum absolute atomic E-state index is 12.5. The van der Waals surface area contributed by atoms with Crippen molar-refractivity contribution >= 4 is 22.8 Å². The number of carbonyl (C=O) groups is 1. The van der Waals surface area contributed by atoms with Crippen molar-refractivity contribution < 1.29 is 9.53 Å². The second kappa shape index (κ2) is 9.47. The van der Waals surface area contributed by atoms with E-state index in [1.54, 1.807) is 0 Å². The molecule has 2 aliphatic heterocycles. The highest BCUT2D eigenvalue weighted by atomic mass is 16.5. The number of aromatic nitrogens is 4. The molecule has 2 fully saturated rings. The second-order valence-electron chi connectivity index (χ2n) is 9.39. The van der Waals surface area contributed by atoms with Gasteiger partial charge >= 0.3 is 0 Å². The molecule has 33 heavy (non-hydrogen) atoms. The lowest BCUT2D eigenvalue weighted by Gasteiger charge is -2.36. The molecule has 4 heterocycles. The van der Waals surface area contributed by atoms with Crippen LogP contribution in [-0.2, 0) is 9.53 Å². The van der Waals surface area contributed by atoms with Crippen LogP contribution in [0.3, 0.4) is 0 Å². The molecule has 8 heteroatoms. The molecule has 2 saturated heterocycles. The van der Waals surface area contributed by atoms with Gasteiger partial charge in [-0.15, -0.1) is 0 Å². The first-order chi connectivity index (χ1) is 16.1. The fourth-order valence-electron chi connectivity index (χ4n) is 4.69. The van der Waals surface area contributed by atoms with E-state index in [1.807, 2.05) is 46.1 Å². The van der Waals surface area contributed by atoms with Gasteiger partial charge in [0, 0.05) is 51.7 Å². The van der Waals surface area contributed by atoms with Crippen LogP contribution >= 0.6 is 0 Å². The Labute approximate surface area is 194 Å². The number of carbonyl (C=O) groups excluding carboxylic acids is 1. The predicted molar refractivity (Wildman–Crippen MR) is 128 cm³/mol. The highest BCUT2D eigenvalue weighted by Crippen LogP contribution is 2.31. The summed E-state index contributed by atoms with van der Waals surface area (Å²) in [6, 6.07) is 10.1. The number of hydrogen-bond donors (Lipinski definition) is 0. The molecule has 0 unspecified atom stereocenters. The normalized spacial score (nSPS) is 17.8. The molecular weight excluding hydrogens is 416 g/mol. The number of fused-ring (bicyclic) bond motifs is 1. The molecule has 0 aliphatic carbocycles. The minimum Gasteiger partial charge on any atom is -0.381 e. The van der Waals surface area contributed by atoms with Crippen LogP contribution in [0, 0.1) is 5.92 Å². The first kappa shape index (κ1) is 21.8. The van der Waals surface area contributed by atoms with Gasteiger partial charge in [-0.3, -0.25) is 4.79 Å². The summed E-state index contributed by atoms with van der Waals surface area (Å²) >= 11 is 0. The Morgan fingerprint density at radius 3 is 2.48 bits per heavy atom. The molecule has 8 nitrogen and oxygen atoms in total. The van der Waals surface area contributed by atoms with Gasteiger partial charge in [-0.05, 0) is 30.9 Å². The van der Waals surface area contributed by atoms with Crippen LogP contribution in [0.15, 0.2) is 36.5 Å². The number of anilines is 1. The van der Waals surface area contributed by atoms with Crippen LogP contribution in [0.1, 0.15) is 44.9 Å². The number of nitrogens with zero attached hydrogens (tertiary/aromatic N) is 6. The van der Waals surface area contributed by atoms with Crippen LogP contribution in [0.2, 0.25) is 0 Å². The lowest BCUT2D eigenvalue weighted by molar-refractivity contribution is -0.132. The lowest BCUT2D eigenvalue weighted by atomic mass is 9.99. The van der Waals surface area contributed by atoms with Crippen molar-refractivity contribution in [1.29, 1.82) is 0 Å². The van der Waals surface area contributed by atoms with E-state index < -0.39 is 0 Å². The molecule has 0 saturated carbocycles. The van der Waals surface area contributed by atoms with Crippen molar-refractivity contribution in [3.63, 3.8) is 0 Å². The highest BCUT2D eigenvalue weighted by molar-refractivity contribution is 5.88. The van der Waals surface area contributed by atoms with Gasteiger partial charge in [0.2, 0.25) is 5.91 Å². The van der Waals surface area contributed by atoms with Gasteiger partial charge in [-0.25, -0.2) is 14.6 Å². The van der Waals surface area contributed by atoms with Gasteiger partial charge < -0.3 is 14.5 Å². The smallest absolute Gasteiger partial charge is 0.222 e. The number of hydrogen-bond acceptors (Lipinski definition) is 6. The van der Waals surface area contributed by atoms with Crippen molar-refractivity contribution in [1.82, 2.24) is 24.6 Å². The van der Waals surface area contributed by atoms with Gasteiger partial charge in [0.15, 0.2) is 5.65 Å². The zero-order chi connectivity index (χ0) is 22.8. The van der Waals surface area contributed by atoms with E-state index in [-0.39, 0.29) is 11.8 Å². The number of para-hydroxylation sites is 1. The third-order valence-electron chi connectivity index (χ3n) is 6.53. The van der Waals surface area contributed by atoms with E-state index in [2.05, 4.69) is 23.8 Å². The molecule has 3 aromatic rings. The molecule has 0 spiro atoms. The summed E-state index contributed by atoms with van der Waals surface area (Å²) in [6.07, 6.45) is 4.35. The number of amides is 1. The van der Waals surface area contributed by atoms with Crippen molar-refractivity contribution in [2.75, 3.05) is 44.3 Å². The van der Waals surface area contributed by atoms with Crippen LogP contribution in [0.5, 0.6) is 0 Å². The van der Waals surface area contributed by atoms with E-state index in [9.17, 15) is 4.79 Å². The third kappa shape index (κ3) is 4.57. The van der Waals surface area contributed by atoms with E-state index in [1.165, 1.54) is 0 Å². The van der Waals surface area contributed by atoms with Crippen LogP contribution in [0.25, 0.3) is 16.7 Å². The molecule has 2 aliphatic rings.